The van der Waals surface area contributed by atoms with Crippen molar-refractivity contribution < 1.29 is 10.2 Å². The number of rotatable bonds is 4. The number of benzene rings is 2. The van der Waals surface area contributed by atoms with E-state index >= 15 is 0 Å². The first-order chi connectivity index (χ1) is 13.0. The summed E-state index contributed by atoms with van der Waals surface area (Å²) in [6.07, 6.45) is 10.9. The molecule has 0 amide bonds. The molecule has 0 aromatic heterocycles. The zero-order valence-corrected chi connectivity index (χ0v) is 16.7. The van der Waals surface area contributed by atoms with Crippen LogP contribution in [0.1, 0.15) is 96.6 Å². The third-order valence-corrected chi connectivity index (χ3v) is 6.84. The van der Waals surface area contributed by atoms with Gasteiger partial charge in [0, 0.05) is 6.42 Å². The van der Waals surface area contributed by atoms with Gasteiger partial charge in [0.2, 0.25) is 0 Å². The topological polar surface area (TPSA) is 40.5 Å². The molecular weight excluding hydrogens is 332 g/mol. The van der Waals surface area contributed by atoms with E-state index in [1.807, 2.05) is 13.8 Å². The molecule has 4 rings (SSSR count). The largest absolute Gasteiger partial charge is 0.507 e. The summed E-state index contributed by atoms with van der Waals surface area (Å²) in [5, 5.41) is 21.4. The summed E-state index contributed by atoms with van der Waals surface area (Å²) in [7, 11) is 0. The average molecular weight is 365 g/mol. The molecule has 2 aliphatic rings. The van der Waals surface area contributed by atoms with E-state index in [1.165, 1.54) is 62.5 Å². The maximum Gasteiger partial charge on any atom is 0.122 e. The van der Waals surface area contributed by atoms with Gasteiger partial charge >= 0.3 is 0 Å². The van der Waals surface area contributed by atoms with Crippen molar-refractivity contribution in [3.8, 4) is 11.5 Å². The van der Waals surface area contributed by atoms with E-state index in [2.05, 4.69) is 24.3 Å². The zero-order valence-electron chi connectivity index (χ0n) is 16.7. The van der Waals surface area contributed by atoms with E-state index in [0.717, 1.165) is 22.3 Å². The van der Waals surface area contributed by atoms with Crippen LogP contribution in [0, 0.1) is 13.8 Å². The monoisotopic (exact) mass is 364 g/mol. The summed E-state index contributed by atoms with van der Waals surface area (Å²) in [5.74, 6) is 2.03. The second kappa shape index (κ2) is 7.58. The number of hydrogen-bond acceptors (Lipinski definition) is 2. The van der Waals surface area contributed by atoms with Crippen LogP contribution in [-0.4, -0.2) is 10.2 Å². The molecule has 0 saturated heterocycles. The Bertz CT molecular complexity index is 755. The molecule has 0 heterocycles. The molecule has 2 saturated carbocycles. The molecule has 0 aliphatic heterocycles. The number of aryl methyl sites for hydroxylation is 2. The lowest BCUT2D eigenvalue weighted by Crippen LogP contribution is -2.01. The Hall–Kier alpha value is -1.96. The molecule has 2 aliphatic carbocycles. The molecule has 0 spiro atoms. The fourth-order valence-electron chi connectivity index (χ4n) is 5.23. The molecule has 2 heteroatoms. The van der Waals surface area contributed by atoms with Crippen LogP contribution in [0.5, 0.6) is 11.5 Å². The van der Waals surface area contributed by atoms with Gasteiger partial charge in [-0.15, -0.1) is 0 Å². The van der Waals surface area contributed by atoms with E-state index in [0.29, 0.717) is 29.8 Å². The van der Waals surface area contributed by atoms with Crippen molar-refractivity contribution in [2.24, 2.45) is 0 Å². The van der Waals surface area contributed by atoms with Gasteiger partial charge in [-0.25, -0.2) is 0 Å². The van der Waals surface area contributed by atoms with Crippen LogP contribution in [-0.2, 0) is 6.42 Å². The first-order valence-electron chi connectivity index (χ1n) is 10.7. The van der Waals surface area contributed by atoms with Crippen LogP contribution in [0.25, 0.3) is 0 Å². The molecule has 144 valence electrons. The maximum atomic E-state index is 10.7. The lowest BCUT2D eigenvalue weighted by molar-refractivity contribution is 0.457. The molecule has 0 bridgehead atoms. The van der Waals surface area contributed by atoms with Crippen LogP contribution >= 0.6 is 0 Å². The molecule has 2 fully saturated rings. The standard InChI is InChI=1S/C25H32O2/c1-16-11-20(18-7-3-4-8-18)13-22(24(16)26)15-23-14-21(12-17(2)25(23)27)19-9-5-6-10-19/h11-14,18-19,26-27H,3-10,15H2,1-2H3. The van der Waals surface area contributed by atoms with Crippen LogP contribution in [0.3, 0.4) is 0 Å². The first-order valence-corrected chi connectivity index (χ1v) is 10.7. The Morgan fingerprint density at radius 1 is 0.667 bits per heavy atom. The Kier molecular flexibility index (Phi) is 5.16. The molecule has 0 unspecified atom stereocenters. The summed E-state index contributed by atoms with van der Waals surface area (Å²) in [6.45, 7) is 3.99. The van der Waals surface area contributed by atoms with Crippen molar-refractivity contribution in [1.29, 1.82) is 0 Å². The SMILES string of the molecule is Cc1cc(C2CCCC2)cc(Cc2cc(C3CCCC3)cc(C)c2O)c1O. The molecule has 2 aromatic carbocycles. The third-order valence-electron chi connectivity index (χ3n) is 6.84. The van der Waals surface area contributed by atoms with Crippen LogP contribution < -0.4 is 0 Å². The van der Waals surface area contributed by atoms with Gasteiger partial charge in [-0.05, 0) is 84.7 Å². The highest BCUT2D eigenvalue weighted by molar-refractivity contribution is 5.51. The first kappa shape index (κ1) is 18.4. The Morgan fingerprint density at radius 3 is 1.41 bits per heavy atom. The number of phenols is 2. The summed E-state index contributed by atoms with van der Waals surface area (Å²) < 4.78 is 0. The van der Waals surface area contributed by atoms with Crippen molar-refractivity contribution in [3.05, 3.63) is 57.6 Å². The molecule has 0 atom stereocenters. The summed E-state index contributed by atoms with van der Waals surface area (Å²) in [4.78, 5) is 0. The van der Waals surface area contributed by atoms with Crippen LogP contribution in [0.2, 0.25) is 0 Å². The molecule has 2 aromatic rings. The fraction of sp³-hybridized carbons (Fsp3) is 0.520. The summed E-state index contributed by atoms with van der Waals surface area (Å²) >= 11 is 0. The second-order valence-corrected chi connectivity index (χ2v) is 8.83. The number of hydrogen-bond donors (Lipinski definition) is 2. The lowest BCUT2D eigenvalue weighted by atomic mass is 9.89. The van der Waals surface area contributed by atoms with Gasteiger partial charge in [-0.3, -0.25) is 0 Å². The highest BCUT2D eigenvalue weighted by Gasteiger charge is 2.22. The van der Waals surface area contributed by atoms with Gasteiger partial charge in [-0.1, -0.05) is 49.9 Å². The van der Waals surface area contributed by atoms with Crippen molar-refractivity contribution in [2.75, 3.05) is 0 Å². The van der Waals surface area contributed by atoms with E-state index in [-0.39, 0.29) is 0 Å². The fourth-order valence-corrected chi connectivity index (χ4v) is 5.23. The third kappa shape index (κ3) is 3.72. The summed E-state index contributed by atoms with van der Waals surface area (Å²) in [6, 6.07) is 8.70. The van der Waals surface area contributed by atoms with E-state index in [9.17, 15) is 10.2 Å². The van der Waals surface area contributed by atoms with Gasteiger partial charge in [0.25, 0.3) is 0 Å². The molecule has 2 nitrogen and oxygen atoms in total. The minimum atomic E-state index is 0.389. The molecule has 0 radical (unpaired) electrons. The quantitative estimate of drug-likeness (QED) is 0.640. The van der Waals surface area contributed by atoms with Crippen molar-refractivity contribution in [1.82, 2.24) is 0 Å². The minimum Gasteiger partial charge on any atom is -0.507 e. The Balaban J connectivity index is 1.69. The van der Waals surface area contributed by atoms with Crippen molar-refractivity contribution >= 4 is 0 Å². The van der Waals surface area contributed by atoms with Crippen LogP contribution in [0.4, 0.5) is 0 Å². The smallest absolute Gasteiger partial charge is 0.122 e. The van der Waals surface area contributed by atoms with Gasteiger partial charge < -0.3 is 10.2 Å². The Morgan fingerprint density at radius 2 is 1.04 bits per heavy atom. The van der Waals surface area contributed by atoms with E-state index in [4.69, 9.17) is 0 Å². The Labute approximate surface area is 163 Å². The van der Waals surface area contributed by atoms with Crippen molar-refractivity contribution in [2.45, 2.75) is 83.5 Å². The van der Waals surface area contributed by atoms with Gasteiger partial charge in [0.05, 0.1) is 0 Å². The van der Waals surface area contributed by atoms with Crippen LogP contribution in [0.15, 0.2) is 24.3 Å². The minimum absolute atomic E-state index is 0.389. The van der Waals surface area contributed by atoms with Gasteiger partial charge in [0.1, 0.15) is 11.5 Å². The van der Waals surface area contributed by atoms with E-state index in [1.54, 1.807) is 0 Å². The molecule has 2 N–H and O–H groups in total. The summed E-state index contributed by atoms with van der Waals surface area (Å²) in [5.41, 5.74) is 6.54. The van der Waals surface area contributed by atoms with E-state index < -0.39 is 0 Å². The van der Waals surface area contributed by atoms with Gasteiger partial charge in [0.15, 0.2) is 0 Å². The maximum absolute atomic E-state index is 10.7. The highest BCUT2D eigenvalue weighted by atomic mass is 16.3. The number of phenolic OH excluding ortho intramolecular Hbond substituents is 2. The van der Waals surface area contributed by atoms with Gasteiger partial charge in [-0.2, -0.15) is 0 Å². The molecule has 27 heavy (non-hydrogen) atoms. The lowest BCUT2D eigenvalue weighted by Gasteiger charge is -2.18. The average Bonchev–Trinajstić information content (AvgIpc) is 3.36. The predicted molar refractivity (Wildman–Crippen MR) is 111 cm³/mol. The zero-order chi connectivity index (χ0) is 19.0. The normalized spacial score (nSPS) is 18.4. The van der Waals surface area contributed by atoms with Crippen molar-refractivity contribution in [3.63, 3.8) is 0 Å². The highest BCUT2D eigenvalue weighted by Crippen LogP contribution is 2.40. The number of aromatic hydroxyl groups is 2. The molecular formula is C25H32O2. The predicted octanol–water partition coefficient (Wildman–Crippen LogP) is 6.62. The second-order valence-electron chi connectivity index (χ2n) is 8.83.